The van der Waals surface area contributed by atoms with E-state index in [0.29, 0.717) is 6.54 Å². The summed E-state index contributed by atoms with van der Waals surface area (Å²) in [5.74, 6) is 0.0177. The molecule has 0 saturated carbocycles. The Balaban J connectivity index is 1.59. The lowest BCUT2D eigenvalue weighted by molar-refractivity contribution is -0.117. The van der Waals surface area contributed by atoms with Crippen LogP contribution in [0.3, 0.4) is 0 Å². The number of amides is 1. The third-order valence-corrected chi connectivity index (χ3v) is 4.60. The van der Waals surface area contributed by atoms with Crippen molar-refractivity contribution in [1.29, 1.82) is 0 Å². The van der Waals surface area contributed by atoms with Crippen LogP contribution in [-0.4, -0.2) is 37.5 Å². The molecule has 1 aliphatic rings. The van der Waals surface area contributed by atoms with Crippen LogP contribution in [0.5, 0.6) is 0 Å². The number of hydrogen-bond donors (Lipinski definition) is 1. The number of nitrogens with zero attached hydrogens (tertiary/aromatic N) is 2. The van der Waals surface area contributed by atoms with Crippen LogP contribution >= 0.6 is 0 Å². The Hall–Kier alpha value is -2.33. The average Bonchev–Trinajstić information content (AvgIpc) is 2.63. The van der Waals surface area contributed by atoms with Crippen LogP contribution in [0, 0.1) is 0 Å². The highest BCUT2D eigenvalue weighted by atomic mass is 16.2. The van der Waals surface area contributed by atoms with E-state index in [4.69, 9.17) is 0 Å². The van der Waals surface area contributed by atoms with E-state index in [9.17, 15) is 4.79 Å². The Kier molecular flexibility index (Phi) is 6.07. The number of nitrogens with one attached hydrogen (secondary N) is 1. The number of rotatable bonds is 6. The second-order valence-corrected chi connectivity index (χ2v) is 6.76. The maximum Gasteiger partial charge on any atom is 0.238 e. The third-order valence-electron chi connectivity index (χ3n) is 4.60. The summed E-state index contributed by atoms with van der Waals surface area (Å²) < 4.78 is 0. The van der Waals surface area contributed by atoms with Crippen molar-refractivity contribution in [3.05, 3.63) is 60.2 Å². The first-order valence-corrected chi connectivity index (χ1v) is 9.08. The van der Waals surface area contributed by atoms with Gasteiger partial charge >= 0.3 is 0 Å². The van der Waals surface area contributed by atoms with Gasteiger partial charge in [-0.05, 0) is 50.1 Å². The molecule has 4 heteroatoms. The summed E-state index contributed by atoms with van der Waals surface area (Å²) in [4.78, 5) is 16.8. The van der Waals surface area contributed by atoms with Gasteiger partial charge in [-0.1, -0.05) is 36.4 Å². The lowest BCUT2D eigenvalue weighted by atomic mass is 10.1. The van der Waals surface area contributed by atoms with Crippen LogP contribution in [0.2, 0.25) is 0 Å². The quantitative estimate of drug-likeness (QED) is 0.872. The maximum absolute atomic E-state index is 12.2. The molecule has 0 atom stereocenters. The molecule has 0 unspecified atom stereocenters. The van der Waals surface area contributed by atoms with Crippen molar-refractivity contribution >= 4 is 17.3 Å². The Morgan fingerprint density at radius 3 is 2.44 bits per heavy atom. The first-order valence-electron chi connectivity index (χ1n) is 9.08. The molecule has 132 valence electrons. The van der Waals surface area contributed by atoms with Crippen LogP contribution in [0.1, 0.15) is 24.8 Å². The van der Waals surface area contributed by atoms with Crippen LogP contribution in [0.25, 0.3) is 0 Å². The summed E-state index contributed by atoms with van der Waals surface area (Å²) in [5.41, 5.74) is 3.45. The zero-order chi connectivity index (χ0) is 17.5. The number of benzene rings is 2. The number of carbonyl (C=O) groups excluding carboxylic acids is 1. The molecule has 4 nitrogen and oxygen atoms in total. The monoisotopic (exact) mass is 337 g/mol. The molecular weight excluding hydrogens is 310 g/mol. The van der Waals surface area contributed by atoms with Crippen molar-refractivity contribution in [3.8, 4) is 0 Å². The zero-order valence-electron chi connectivity index (χ0n) is 14.9. The molecule has 1 aliphatic heterocycles. The van der Waals surface area contributed by atoms with Gasteiger partial charge in [-0.25, -0.2) is 0 Å². The Labute approximate surface area is 150 Å². The first kappa shape index (κ1) is 17.5. The number of piperidine rings is 1. The molecule has 0 radical (unpaired) electrons. The van der Waals surface area contributed by atoms with Gasteiger partial charge in [0.2, 0.25) is 5.91 Å². The smallest absolute Gasteiger partial charge is 0.238 e. The Bertz CT molecular complexity index is 681. The minimum Gasteiger partial charge on any atom is -0.371 e. The number of anilines is 2. The standard InChI is InChI=1S/C21H27N3O/c1-23(17-21(25)22-19-11-4-2-5-12-19)16-18-10-6-7-13-20(18)24-14-8-3-9-15-24/h2,4-7,10-13H,3,8-9,14-17H2,1H3,(H,22,25). The molecule has 3 rings (SSSR count). The summed E-state index contributed by atoms with van der Waals surface area (Å²) >= 11 is 0. The van der Waals surface area contributed by atoms with Gasteiger partial charge < -0.3 is 10.2 Å². The van der Waals surface area contributed by atoms with Gasteiger partial charge in [0, 0.05) is 31.0 Å². The largest absolute Gasteiger partial charge is 0.371 e. The van der Waals surface area contributed by atoms with Gasteiger partial charge in [0.15, 0.2) is 0 Å². The lowest BCUT2D eigenvalue weighted by Crippen LogP contribution is -2.32. The fourth-order valence-electron chi connectivity index (χ4n) is 3.40. The number of carbonyl (C=O) groups is 1. The predicted octanol–water partition coefficient (Wildman–Crippen LogP) is 3.75. The fraction of sp³-hybridized carbons (Fsp3) is 0.381. The number of hydrogen-bond acceptors (Lipinski definition) is 3. The number of para-hydroxylation sites is 2. The van der Waals surface area contributed by atoms with Gasteiger partial charge in [-0.15, -0.1) is 0 Å². The van der Waals surface area contributed by atoms with Gasteiger partial charge in [0.1, 0.15) is 0 Å². The second-order valence-electron chi connectivity index (χ2n) is 6.76. The lowest BCUT2D eigenvalue weighted by Gasteiger charge is -2.31. The average molecular weight is 337 g/mol. The Morgan fingerprint density at radius 2 is 1.68 bits per heavy atom. The maximum atomic E-state index is 12.2. The van der Waals surface area contributed by atoms with E-state index in [1.807, 2.05) is 37.4 Å². The molecule has 2 aromatic rings. The second kappa shape index (κ2) is 8.67. The van der Waals surface area contributed by atoms with Gasteiger partial charge in [0.05, 0.1) is 6.54 Å². The summed E-state index contributed by atoms with van der Waals surface area (Å²) in [6, 6.07) is 18.2. The number of likely N-dealkylation sites (N-methyl/N-ethyl adjacent to an activating group) is 1. The van der Waals surface area contributed by atoms with Gasteiger partial charge in [-0.2, -0.15) is 0 Å². The molecule has 0 aliphatic carbocycles. The molecule has 1 fully saturated rings. The molecule has 0 aromatic heterocycles. The van der Waals surface area contributed by atoms with Crippen molar-refractivity contribution in [2.24, 2.45) is 0 Å². The molecule has 0 bridgehead atoms. The van der Waals surface area contributed by atoms with Crippen molar-refractivity contribution in [3.63, 3.8) is 0 Å². The highest BCUT2D eigenvalue weighted by Crippen LogP contribution is 2.25. The molecule has 25 heavy (non-hydrogen) atoms. The van der Waals surface area contributed by atoms with E-state index in [2.05, 4.69) is 39.4 Å². The van der Waals surface area contributed by atoms with Crippen LogP contribution in [-0.2, 0) is 11.3 Å². The molecule has 1 heterocycles. The Morgan fingerprint density at radius 1 is 1.00 bits per heavy atom. The van der Waals surface area contributed by atoms with E-state index in [-0.39, 0.29) is 5.91 Å². The van der Waals surface area contributed by atoms with E-state index < -0.39 is 0 Å². The van der Waals surface area contributed by atoms with Gasteiger partial charge in [0.25, 0.3) is 0 Å². The first-order chi connectivity index (χ1) is 12.2. The van der Waals surface area contributed by atoms with Gasteiger partial charge in [-0.3, -0.25) is 9.69 Å². The molecule has 1 saturated heterocycles. The third kappa shape index (κ3) is 5.07. The van der Waals surface area contributed by atoms with Crippen molar-refractivity contribution in [2.75, 3.05) is 36.9 Å². The normalized spacial score (nSPS) is 14.6. The molecule has 1 amide bonds. The van der Waals surface area contributed by atoms with E-state index in [0.717, 1.165) is 25.3 Å². The van der Waals surface area contributed by atoms with E-state index in [1.165, 1.54) is 30.5 Å². The molecular formula is C21H27N3O. The molecule has 2 aromatic carbocycles. The van der Waals surface area contributed by atoms with E-state index >= 15 is 0 Å². The fourth-order valence-corrected chi connectivity index (χ4v) is 3.40. The van der Waals surface area contributed by atoms with Crippen LogP contribution in [0.4, 0.5) is 11.4 Å². The summed E-state index contributed by atoms with van der Waals surface area (Å²) in [7, 11) is 2.00. The van der Waals surface area contributed by atoms with Crippen molar-refractivity contribution < 1.29 is 4.79 Å². The van der Waals surface area contributed by atoms with Crippen LogP contribution in [0.15, 0.2) is 54.6 Å². The topological polar surface area (TPSA) is 35.6 Å². The van der Waals surface area contributed by atoms with E-state index in [1.54, 1.807) is 0 Å². The van der Waals surface area contributed by atoms with Crippen molar-refractivity contribution in [1.82, 2.24) is 4.90 Å². The zero-order valence-corrected chi connectivity index (χ0v) is 14.9. The summed E-state index contributed by atoms with van der Waals surface area (Å²) in [5, 5.41) is 2.95. The molecule has 0 spiro atoms. The highest BCUT2D eigenvalue weighted by molar-refractivity contribution is 5.92. The molecule has 1 N–H and O–H groups in total. The minimum absolute atomic E-state index is 0.0177. The summed E-state index contributed by atoms with van der Waals surface area (Å²) in [6.45, 7) is 3.42. The van der Waals surface area contributed by atoms with Crippen LogP contribution < -0.4 is 10.2 Å². The highest BCUT2D eigenvalue weighted by Gasteiger charge is 2.15. The summed E-state index contributed by atoms with van der Waals surface area (Å²) in [6.07, 6.45) is 3.87. The van der Waals surface area contributed by atoms with Crippen molar-refractivity contribution in [2.45, 2.75) is 25.8 Å². The SMILES string of the molecule is CN(CC(=O)Nc1ccccc1)Cc1ccccc1N1CCCCC1. The minimum atomic E-state index is 0.0177. The predicted molar refractivity (Wildman–Crippen MR) is 104 cm³/mol.